The van der Waals surface area contributed by atoms with Crippen molar-refractivity contribution >= 4 is 16.0 Å². The standard InChI is InChI=1S/C13H20N2O5S/c1-4-19-13(16)11-5-6-12(20-11)21(17,18)15-8-7-14-9(2)10(15)3/h5-6,9-10,14H,4,7-8H2,1-3H3. The maximum atomic E-state index is 12.6. The zero-order valence-electron chi connectivity index (χ0n) is 12.3. The summed E-state index contributed by atoms with van der Waals surface area (Å²) in [6.07, 6.45) is 0. The molecular formula is C13H20N2O5S. The Labute approximate surface area is 124 Å². The molecule has 0 aliphatic carbocycles. The van der Waals surface area contributed by atoms with E-state index in [1.54, 1.807) is 6.92 Å². The number of hydrogen-bond donors (Lipinski definition) is 1. The Morgan fingerprint density at radius 2 is 2.19 bits per heavy atom. The summed E-state index contributed by atoms with van der Waals surface area (Å²) in [5.41, 5.74) is 0. The second-order valence-corrected chi connectivity index (χ2v) is 6.76. The third-order valence-corrected chi connectivity index (χ3v) is 5.46. The van der Waals surface area contributed by atoms with E-state index in [1.165, 1.54) is 16.4 Å². The quantitative estimate of drug-likeness (QED) is 0.828. The number of ether oxygens (including phenoxy) is 1. The Morgan fingerprint density at radius 1 is 1.48 bits per heavy atom. The minimum absolute atomic E-state index is 0.0491. The Kier molecular flexibility index (Phi) is 4.70. The van der Waals surface area contributed by atoms with Crippen LogP contribution in [0.15, 0.2) is 21.6 Å². The average Bonchev–Trinajstić information content (AvgIpc) is 2.92. The minimum atomic E-state index is -3.75. The van der Waals surface area contributed by atoms with Crippen molar-refractivity contribution in [3.8, 4) is 0 Å². The van der Waals surface area contributed by atoms with E-state index in [2.05, 4.69) is 5.32 Å². The molecule has 2 unspecified atom stereocenters. The van der Waals surface area contributed by atoms with Gasteiger partial charge in [-0.1, -0.05) is 0 Å². The lowest BCUT2D eigenvalue weighted by Gasteiger charge is -2.36. The molecular weight excluding hydrogens is 296 g/mol. The number of carbonyl (C=O) groups excluding carboxylic acids is 1. The number of esters is 1. The lowest BCUT2D eigenvalue weighted by atomic mass is 10.1. The number of carbonyl (C=O) groups is 1. The number of piperazine rings is 1. The highest BCUT2D eigenvalue weighted by Gasteiger charge is 2.36. The van der Waals surface area contributed by atoms with Crippen molar-refractivity contribution in [1.29, 1.82) is 0 Å². The minimum Gasteiger partial charge on any atom is -0.460 e. The first kappa shape index (κ1) is 16.0. The third kappa shape index (κ3) is 3.12. The van der Waals surface area contributed by atoms with Crippen LogP contribution >= 0.6 is 0 Å². The summed E-state index contributed by atoms with van der Waals surface area (Å²) < 4.78 is 36.5. The summed E-state index contributed by atoms with van der Waals surface area (Å²) in [5, 5.41) is 2.98. The smallest absolute Gasteiger partial charge is 0.374 e. The summed E-state index contributed by atoms with van der Waals surface area (Å²) in [6.45, 7) is 6.58. The van der Waals surface area contributed by atoms with Gasteiger partial charge in [-0.25, -0.2) is 13.2 Å². The van der Waals surface area contributed by atoms with Crippen molar-refractivity contribution in [1.82, 2.24) is 9.62 Å². The van der Waals surface area contributed by atoms with Crippen molar-refractivity contribution in [2.45, 2.75) is 37.9 Å². The molecule has 0 radical (unpaired) electrons. The summed E-state index contributed by atoms with van der Waals surface area (Å²) >= 11 is 0. The van der Waals surface area contributed by atoms with Crippen LogP contribution in [-0.4, -0.2) is 50.5 Å². The fraction of sp³-hybridized carbons (Fsp3) is 0.615. The van der Waals surface area contributed by atoms with Crippen molar-refractivity contribution in [3.05, 3.63) is 17.9 Å². The van der Waals surface area contributed by atoms with E-state index in [0.717, 1.165) is 0 Å². The summed E-state index contributed by atoms with van der Waals surface area (Å²) in [4.78, 5) is 11.5. The molecule has 1 fully saturated rings. The highest BCUT2D eigenvalue weighted by atomic mass is 32.2. The van der Waals surface area contributed by atoms with Crippen LogP contribution in [0.2, 0.25) is 0 Å². The summed E-state index contributed by atoms with van der Waals surface area (Å²) in [7, 11) is -3.75. The molecule has 1 aromatic rings. The number of rotatable bonds is 4. The SMILES string of the molecule is CCOC(=O)c1ccc(S(=O)(=O)N2CCNC(C)C2C)o1. The first-order chi connectivity index (χ1) is 9.87. The van der Waals surface area contributed by atoms with Gasteiger partial charge in [0.2, 0.25) is 10.9 Å². The second-order valence-electron chi connectivity index (χ2n) is 4.94. The van der Waals surface area contributed by atoms with Crippen LogP contribution in [0.1, 0.15) is 31.3 Å². The van der Waals surface area contributed by atoms with Crippen molar-refractivity contribution < 1.29 is 22.4 Å². The van der Waals surface area contributed by atoms with E-state index < -0.39 is 16.0 Å². The van der Waals surface area contributed by atoms with Gasteiger partial charge in [0.05, 0.1) is 6.61 Å². The Bertz CT molecular complexity index is 610. The predicted molar refractivity (Wildman–Crippen MR) is 75.5 cm³/mol. The van der Waals surface area contributed by atoms with E-state index in [9.17, 15) is 13.2 Å². The molecule has 1 N–H and O–H groups in total. The molecule has 2 rings (SSSR count). The highest BCUT2D eigenvalue weighted by molar-refractivity contribution is 7.89. The molecule has 2 atom stereocenters. The van der Waals surface area contributed by atoms with Crippen LogP contribution in [0.3, 0.4) is 0 Å². The molecule has 1 saturated heterocycles. The largest absolute Gasteiger partial charge is 0.460 e. The Hall–Kier alpha value is -1.38. The molecule has 21 heavy (non-hydrogen) atoms. The molecule has 8 heteroatoms. The topological polar surface area (TPSA) is 88.9 Å². The second kappa shape index (κ2) is 6.17. The van der Waals surface area contributed by atoms with Gasteiger partial charge in [-0.2, -0.15) is 4.31 Å². The zero-order chi connectivity index (χ0) is 15.6. The first-order valence-corrected chi connectivity index (χ1v) is 8.34. The predicted octanol–water partition coefficient (Wildman–Crippen LogP) is 0.827. The van der Waals surface area contributed by atoms with Gasteiger partial charge < -0.3 is 14.5 Å². The van der Waals surface area contributed by atoms with E-state index >= 15 is 0 Å². The van der Waals surface area contributed by atoms with E-state index in [-0.39, 0.29) is 29.5 Å². The fourth-order valence-corrected chi connectivity index (χ4v) is 3.87. The molecule has 0 saturated carbocycles. The van der Waals surface area contributed by atoms with Gasteiger partial charge in [-0.15, -0.1) is 0 Å². The van der Waals surface area contributed by atoms with E-state index in [1.807, 2.05) is 13.8 Å². The molecule has 0 amide bonds. The van der Waals surface area contributed by atoms with Crippen molar-refractivity contribution in [2.75, 3.05) is 19.7 Å². The van der Waals surface area contributed by atoms with Gasteiger partial charge in [0, 0.05) is 25.2 Å². The van der Waals surface area contributed by atoms with Crippen LogP contribution in [0, 0.1) is 0 Å². The molecule has 2 heterocycles. The van der Waals surface area contributed by atoms with Crippen LogP contribution in [0.5, 0.6) is 0 Å². The monoisotopic (exact) mass is 316 g/mol. The van der Waals surface area contributed by atoms with Crippen LogP contribution in [-0.2, 0) is 14.8 Å². The molecule has 1 aromatic heterocycles. The fourth-order valence-electron chi connectivity index (χ4n) is 2.25. The van der Waals surface area contributed by atoms with Gasteiger partial charge in [-0.3, -0.25) is 0 Å². The molecule has 7 nitrogen and oxygen atoms in total. The molecule has 1 aliphatic rings. The van der Waals surface area contributed by atoms with Gasteiger partial charge in [0.15, 0.2) is 0 Å². The zero-order valence-corrected chi connectivity index (χ0v) is 13.1. The van der Waals surface area contributed by atoms with Gasteiger partial charge >= 0.3 is 5.97 Å². The van der Waals surface area contributed by atoms with Gasteiger partial charge in [0.1, 0.15) is 0 Å². The van der Waals surface area contributed by atoms with Crippen LogP contribution < -0.4 is 5.32 Å². The molecule has 0 spiro atoms. The summed E-state index contributed by atoms with van der Waals surface area (Å²) in [5.74, 6) is -0.771. The first-order valence-electron chi connectivity index (χ1n) is 6.90. The lowest BCUT2D eigenvalue weighted by molar-refractivity contribution is 0.0483. The maximum absolute atomic E-state index is 12.6. The number of hydrogen-bond acceptors (Lipinski definition) is 6. The van der Waals surface area contributed by atoms with Gasteiger partial charge in [0.25, 0.3) is 10.0 Å². The molecule has 0 aromatic carbocycles. The van der Waals surface area contributed by atoms with Crippen molar-refractivity contribution in [2.24, 2.45) is 0 Å². The highest BCUT2D eigenvalue weighted by Crippen LogP contribution is 2.23. The summed E-state index contributed by atoms with van der Waals surface area (Å²) in [6, 6.07) is 2.47. The molecule has 118 valence electrons. The molecule has 1 aliphatic heterocycles. The number of nitrogens with zero attached hydrogens (tertiary/aromatic N) is 1. The van der Waals surface area contributed by atoms with Crippen molar-refractivity contribution in [3.63, 3.8) is 0 Å². The van der Waals surface area contributed by atoms with Crippen LogP contribution in [0.25, 0.3) is 0 Å². The van der Waals surface area contributed by atoms with Crippen LogP contribution in [0.4, 0.5) is 0 Å². The normalized spacial score (nSPS) is 24.0. The van der Waals surface area contributed by atoms with E-state index in [0.29, 0.717) is 13.1 Å². The van der Waals surface area contributed by atoms with E-state index in [4.69, 9.17) is 9.15 Å². The van der Waals surface area contributed by atoms with Gasteiger partial charge in [-0.05, 0) is 32.9 Å². The Balaban J connectivity index is 2.25. The molecule has 0 bridgehead atoms. The number of sulfonamides is 1. The average molecular weight is 316 g/mol. The maximum Gasteiger partial charge on any atom is 0.374 e. The lowest BCUT2D eigenvalue weighted by Crippen LogP contribution is -2.56. The number of furan rings is 1. The number of nitrogens with one attached hydrogen (secondary N) is 1. The Morgan fingerprint density at radius 3 is 2.86 bits per heavy atom. The third-order valence-electron chi connectivity index (χ3n) is 3.60.